The fourth-order valence-electron chi connectivity index (χ4n) is 1.95. The predicted octanol–water partition coefficient (Wildman–Crippen LogP) is 3.62. The Morgan fingerprint density at radius 3 is 2.44 bits per heavy atom. The van der Waals surface area contributed by atoms with E-state index in [1.165, 1.54) is 32.1 Å². The van der Waals surface area contributed by atoms with Crippen LogP contribution in [-0.2, 0) is 12.9 Å². The third-order valence-electron chi connectivity index (χ3n) is 2.67. The number of halogens is 2. The summed E-state index contributed by atoms with van der Waals surface area (Å²) in [6.45, 7) is 0. The number of nitrogens with one attached hydrogen (secondary N) is 2. The molecule has 93 valence electrons. The number of anilines is 1. The molecular formula is C11H17Cl2CoN2+. The number of hydrogen-bond acceptors (Lipinski definition) is 1. The van der Waals surface area contributed by atoms with Crippen molar-refractivity contribution in [3.8, 4) is 0 Å². The van der Waals surface area contributed by atoms with E-state index in [0.717, 1.165) is 5.82 Å². The van der Waals surface area contributed by atoms with Crippen LogP contribution in [0.1, 0.15) is 32.1 Å². The predicted molar refractivity (Wildman–Crippen MR) is 65.2 cm³/mol. The average Bonchev–Trinajstić information content (AvgIpc) is 2.33. The van der Waals surface area contributed by atoms with Gasteiger partial charge in [0.1, 0.15) is 0 Å². The van der Waals surface area contributed by atoms with Crippen LogP contribution in [0.5, 0.6) is 0 Å². The van der Waals surface area contributed by atoms with Crippen molar-refractivity contribution >= 4 is 26.1 Å². The van der Waals surface area contributed by atoms with Gasteiger partial charge in [-0.25, -0.2) is 4.98 Å². The molecule has 0 aliphatic heterocycles. The Morgan fingerprint density at radius 1 is 1.19 bits per heavy atom. The minimum atomic E-state index is 0.382. The number of hydrogen-bond donors (Lipinski definition) is 1. The standard InChI is InChI=1S/C11H16N2.2ClH.Co/c1-2-6-10(7-3-1)13-11-8-4-5-9-12-11;;;/h4-5,8-10H,1-3,6-7H2,(H,12,13);2*1H;/q;;;+2/p-1. The molecule has 0 aromatic carbocycles. The Balaban J connectivity index is 0.000000386. The van der Waals surface area contributed by atoms with E-state index in [4.69, 9.17) is 20.3 Å². The first-order chi connectivity index (χ1) is 7.86. The SMILES string of the molecule is [Cl][Co][Cl].c1ccc(NC2CCCCC2)[nH+]c1. The maximum absolute atomic E-state index is 4.73. The summed E-state index contributed by atoms with van der Waals surface area (Å²) < 4.78 is 0. The molecule has 2 nitrogen and oxygen atoms in total. The van der Waals surface area contributed by atoms with Crippen molar-refractivity contribution in [2.24, 2.45) is 0 Å². The third kappa shape index (κ3) is 5.94. The van der Waals surface area contributed by atoms with Gasteiger partial charge < -0.3 is 0 Å². The molecule has 1 aliphatic rings. The van der Waals surface area contributed by atoms with Crippen LogP contribution in [0, 0.1) is 0 Å². The Hall–Kier alpha value is 0.0365. The van der Waals surface area contributed by atoms with Crippen LogP contribution in [0.15, 0.2) is 24.4 Å². The van der Waals surface area contributed by atoms with E-state index in [2.05, 4.69) is 22.4 Å². The number of aromatic nitrogens is 1. The van der Waals surface area contributed by atoms with Crippen LogP contribution in [-0.4, -0.2) is 6.04 Å². The first-order valence-electron chi connectivity index (χ1n) is 5.43. The van der Waals surface area contributed by atoms with Crippen molar-refractivity contribution in [3.63, 3.8) is 0 Å². The topological polar surface area (TPSA) is 26.2 Å². The van der Waals surface area contributed by atoms with Crippen molar-refractivity contribution in [1.82, 2.24) is 0 Å². The fraction of sp³-hybridized carbons (Fsp3) is 0.545. The van der Waals surface area contributed by atoms with Crippen molar-refractivity contribution in [2.75, 3.05) is 5.32 Å². The van der Waals surface area contributed by atoms with Gasteiger partial charge in [-0.3, -0.25) is 5.32 Å². The van der Waals surface area contributed by atoms with E-state index in [1.54, 1.807) is 0 Å². The van der Waals surface area contributed by atoms with Gasteiger partial charge >= 0.3 is 33.2 Å². The molecule has 16 heavy (non-hydrogen) atoms. The maximum Gasteiger partial charge on any atom is 0.272 e. The Morgan fingerprint density at radius 2 is 1.88 bits per heavy atom. The van der Waals surface area contributed by atoms with Crippen molar-refractivity contribution in [2.45, 2.75) is 38.1 Å². The van der Waals surface area contributed by atoms with Crippen molar-refractivity contribution < 1.29 is 17.9 Å². The van der Waals surface area contributed by atoms with Crippen LogP contribution < -0.4 is 10.3 Å². The van der Waals surface area contributed by atoms with Gasteiger partial charge in [-0.1, -0.05) is 12.5 Å². The molecule has 0 amide bonds. The van der Waals surface area contributed by atoms with Gasteiger partial charge in [-0.15, -0.1) is 0 Å². The van der Waals surface area contributed by atoms with Crippen molar-refractivity contribution in [1.29, 1.82) is 0 Å². The van der Waals surface area contributed by atoms with E-state index in [-0.39, 0.29) is 0 Å². The second-order valence-electron chi connectivity index (χ2n) is 3.80. The molecule has 1 aromatic heterocycles. The molecule has 1 saturated carbocycles. The smallest absolute Gasteiger partial charge is 0.272 e. The molecule has 0 unspecified atom stereocenters. The molecule has 1 fully saturated rings. The van der Waals surface area contributed by atoms with Gasteiger partial charge in [0.2, 0.25) is 0 Å². The molecule has 0 bridgehead atoms. The molecule has 5 heteroatoms. The monoisotopic (exact) mass is 306 g/mol. The summed E-state index contributed by atoms with van der Waals surface area (Å²) in [4.78, 5) is 3.20. The second kappa shape index (κ2) is 9.11. The van der Waals surface area contributed by atoms with E-state index >= 15 is 0 Å². The Labute approximate surface area is 112 Å². The van der Waals surface area contributed by atoms with E-state index in [9.17, 15) is 0 Å². The summed E-state index contributed by atoms with van der Waals surface area (Å²) >= 11 is 0.382. The summed E-state index contributed by atoms with van der Waals surface area (Å²) in [7, 11) is 9.47. The number of aromatic amines is 1. The fourth-order valence-corrected chi connectivity index (χ4v) is 1.95. The summed E-state index contributed by atoms with van der Waals surface area (Å²) in [5.74, 6) is 1.15. The van der Waals surface area contributed by atoms with Crippen LogP contribution in [0.4, 0.5) is 5.82 Å². The van der Waals surface area contributed by atoms with Gasteiger partial charge in [0.25, 0.3) is 5.82 Å². The first kappa shape index (κ1) is 14.1. The molecule has 1 heterocycles. The molecular weight excluding hydrogens is 290 g/mol. The van der Waals surface area contributed by atoms with Gasteiger partial charge in [0.15, 0.2) is 0 Å². The summed E-state index contributed by atoms with van der Waals surface area (Å²) in [5, 5.41) is 3.53. The number of pyridine rings is 1. The summed E-state index contributed by atoms with van der Waals surface area (Å²) in [6.07, 6.45) is 8.78. The number of rotatable bonds is 2. The quantitative estimate of drug-likeness (QED) is 0.887. The molecule has 2 rings (SSSR count). The van der Waals surface area contributed by atoms with Gasteiger partial charge in [-0.05, 0) is 31.7 Å². The largest absolute Gasteiger partial charge is 0.272 e. The van der Waals surface area contributed by atoms with E-state index in [0.29, 0.717) is 18.9 Å². The van der Waals surface area contributed by atoms with Crippen LogP contribution in [0.3, 0.4) is 0 Å². The minimum absolute atomic E-state index is 0.382. The van der Waals surface area contributed by atoms with E-state index < -0.39 is 0 Å². The van der Waals surface area contributed by atoms with Gasteiger partial charge in [0.05, 0.1) is 12.2 Å². The van der Waals surface area contributed by atoms with Crippen LogP contribution in [0.25, 0.3) is 0 Å². The molecule has 0 atom stereocenters. The molecule has 0 saturated heterocycles. The van der Waals surface area contributed by atoms with Gasteiger partial charge in [0, 0.05) is 6.07 Å². The summed E-state index contributed by atoms with van der Waals surface area (Å²) in [6, 6.07) is 6.84. The molecule has 1 aliphatic carbocycles. The summed E-state index contributed by atoms with van der Waals surface area (Å²) in [5.41, 5.74) is 0. The zero-order chi connectivity index (χ0) is 11.6. The zero-order valence-electron chi connectivity index (χ0n) is 9.01. The number of H-pyrrole nitrogens is 1. The maximum atomic E-state index is 4.73. The molecule has 2 N–H and O–H groups in total. The van der Waals surface area contributed by atoms with Crippen molar-refractivity contribution in [3.05, 3.63) is 24.4 Å². The Bertz CT molecular complexity index is 266. The molecule has 0 spiro atoms. The Kier molecular flexibility index (Phi) is 8.02. The molecule has 0 radical (unpaired) electrons. The zero-order valence-corrected chi connectivity index (χ0v) is 11.6. The minimum Gasteiger partial charge on any atom is -0.272 e. The first-order valence-corrected chi connectivity index (χ1v) is 8.30. The van der Waals surface area contributed by atoms with Gasteiger partial charge in [-0.2, -0.15) is 0 Å². The van der Waals surface area contributed by atoms with Crippen LogP contribution >= 0.6 is 20.3 Å². The van der Waals surface area contributed by atoms with Crippen LogP contribution in [0.2, 0.25) is 0 Å². The second-order valence-corrected chi connectivity index (χ2v) is 5.52. The average molecular weight is 307 g/mol. The third-order valence-corrected chi connectivity index (χ3v) is 2.67. The molecule has 1 aromatic rings. The normalized spacial score (nSPS) is 16.4. The van der Waals surface area contributed by atoms with E-state index in [1.807, 2.05) is 12.3 Å².